The first-order valence-electron chi connectivity index (χ1n) is 9.89. The molecule has 1 aliphatic rings. The van der Waals surface area contributed by atoms with E-state index in [-0.39, 0.29) is 11.8 Å². The van der Waals surface area contributed by atoms with Crippen LogP contribution in [0.25, 0.3) is 11.3 Å². The topological polar surface area (TPSA) is 69.3 Å². The number of halogens is 1. The smallest absolute Gasteiger partial charge is 0.272 e. The summed E-state index contributed by atoms with van der Waals surface area (Å²) in [6.07, 6.45) is 0. The summed E-state index contributed by atoms with van der Waals surface area (Å²) >= 11 is 5.89. The van der Waals surface area contributed by atoms with Gasteiger partial charge in [-0.1, -0.05) is 35.4 Å². The van der Waals surface area contributed by atoms with E-state index in [1.807, 2.05) is 26.0 Å². The molecule has 0 spiro atoms. The highest BCUT2D eigenvalue weighted by atomic mass is 35.5. The van der Waals surface area contributed by atoms with Crippen molar-refractivity contribution in [3.63, 3.8) is 0 Å². The molecule has 1 fully saturated rings. The number of rotatable bonds is 3. The number of aromatic amines is 1. The molecule has 1 saturated heterocycles. The molecule has 0 radical (unpaired) electrons. The normalized spacial score (nSPS) is 14.1. The highest BCUT2D eigenvalue weighted by molar-refractivity contribution is 6.30. The molecule has 30 heavy (non-hydrogen) atoms. The molecule has 0 bridgehead atoms. The maximum atomic E-state index is 12.9. The Morgan fingerprint density at radius 2 is 1.53 bits per heavy atom. The maximum absolute atomic E-state index is 12.9. The van der Waals surface area contributed by atoms with Crippen LogP contribution < -0.4 is 0 Å². The first-order chi connectivity index (χ1) is 14.4. The van der Waals surface area contributed by atoms with Crippen LogP contribution in [0.4, 0.5) is 0 Å². The summed E-state index contributed by atoms with van der Waals surface area (Å²) in [5.74, 6) is -0.144. The second kappa shape index (κ2) is 8.32. The van der Waals surface area contributed by atoms with Crippen LogP contribution in [0.3, 0.4) is 0 Å². The van der Waals surface area contributed by atoms with Crippen molar-refractivity contribution in [3.8, 4) is 11.3 Å². The third-order valence-corrected chi connectivity index (χ3v) is 5.66. The summed E-state index contributed by atoms with van der Waals surface area (Å²) in [5, 5.41) is 7.81. The van der Waals surface area contributed by atoms with E-state index in [9.17, 15) is 9.59 Å². The van der Waals surface area contributed by atoms with Crippen LogP contribution in [0.5, 0.6) is 0 Å². The maximum Gasteiger partial charge on any atom is 0.272 e. The molecule has 2 heterocycles. The number of hydrogen-bond acceptors (Lipinski definition) is 3. The monoisotopic (exact) mass is 422 g/mol. The number of aromatic nitrogens is 2. The molecule has 0 unspecified atom stereocenters. The van der Waals surface area contributed by atoms with Gasteiger partial charge in [0.05, 0.1) is 5.69 Å². The lowest BCUT2D eigenvalue weighted by Gasteiger charge is -2.34. The molecule has 2 amide bonds. The molecule has 1 N–H and O–H groups in total. The number of carbonyl (C=O) groups is 2. The SMILES string of the molecule is Cc1ccc(-c2cc(C(=O)N3CCN(C(=O)c4ccc(Cl)cc4)CC3)[nH]n2)c(C)c1. The molecule has 6 nitrogen and oxygen atoms in total. The fourth-order valence-electron chi connectivity index (χ4n) is 3.73. The predicted octanol–water partition coefficient (Wildman–Crippen LogP) is 3.95. The summed E-state index contributed by atoms with van der Waals surface area (Å²) < 4.78 is 0. The quantitative estimate of drug-likeness (QED) is 0.694. The van der Waals surface area contributed by atoms with Crippen LogP contribution in [0.1, 0.15) is 32.0 Å². The van der Waals surface area contributed by atoms with E-state index in [0.29, 0.717) is 42.5 Å². The highest BCUT2D eigenvalue weighted by Crippen LogP contribution is 2.23. The van der Waals surface area contributed by atoms with Crippen LogP contribution in [0.2, 0.25) is 5.02 Å². The Hall–Kier alpha value is -3.12. The van der Waals surface area contributed by atoms with Gasteiger partial charge in [-0.3, -0.25) is 14.7 Å². The molecular weight excluding hydrogens is 400 g/mol. The zero-order chi connectivity index (χ0) is 21.3. The largest absolute Gasteiger partial charge is 0.335 e. The molecular formula is C23H23ClN4O2. The van der Waals surface area contributed by atoms with E-state index in [1.165, 1.54) is 5.56 Å². The summed E-state index contributed by atoms with van der Waals surface area (Å²) in [6.45, 7) is 6.03. The Morgan fingerprint density at radius 3 is 2.17 bits per heavy atom. The van der Waals surface area contributed by atoms with E-state index >= 15 is 0 Å². The van der Waals surface area contributed by atoms with Gasteiger partial charge in [0, 0.05) is 42.3 Å². The van der Waals surface area contributed by atoms with Crippen molar-refractivity contribution in [1.29, 1.82) is 0 Å². The van der Waals surface area contributed by atoms with Gasteiger partial charge in [0.25, 0.3) is 11.8 Å². The van der Waals surface area contributed by atoms with Gasteiger partial charge in [-0.15, -0.1) is 0 Å². The zero-order valence-corrected chi connectivity index (χ0v) is 17.7. The molecule has 2 aromatic carbocycles. The second-order valence-corrected chi connectivity index (χ2v) is 8.01. The lowest BCUT2D eigenvalue weighted by Crippen LogP contribution is -2.50. The van der Waals surface area contributed by atoms with E-state index in [1.54, 1.807) is 40.1 Å². The van der Waals surface area contributed by atoms with Gasteiger partial charge >= 0.3 is 0 Å². The van der Waals surface area contributed by atoms with Gasteiger partial charge < -0.3 is 9.80 Å². The third kappa shape index (κ3) is 4.09. The van der Waals surface area contributed by atoms with Gasteiger partial charge in [0.15, 0.2) is 0 Å². The number of aryl methyl sites for hydroxylation is 2. The average Bonchev–Trinajstić information content (AvgIpc) is 3.23. The minimum absolute atomic E-state index is 0.0440. The third-order valence-electron chi connectivity index (χ3n) is 5.41. The van der Waals surface area contributed by atoms with Crippen molar-refractivity contribution in [2.24, 2.45) is 0 Å². The van der Waals surface area contributed by atoms with Crippen molar-refractivity contribution < 1.29 is 9.59 Å². The molecule has 4 rings (SSSR count). The van der Waals surface area contributed by atoms with E-state index in [4.69, 9.17) is 11.6 Å². The standard InChI is InChI=1S/C23H23ClN4O2/c1-15-3-8-19(16(2)13-15)20-14-21(26-25-20)23(30)28-11-9-27(10-12-28)22(29)17-4-6-18(24)7-5-17/h3-8,13-14H,9-12H2,1-2H3,(H,25,26). The van der Waals surface area contributed by atoms with Crippen LogP contribution in [0.15, 0.2) is 48.5 Å². The van der Waals surface area contributed by atoms with Crippen LogP contribution in [-0.4, -0.2) is 58.0 Å². The fourth-order valence-corrected chi connectivity index (χ4v) is 3.85. The number of H-pyrrole nitrogens is 1. The highest BCUT2D eigenvalue weighted by Gasteiger charge is 2.26. The van der Waals surface area contributed by atoms with Crippen LogP contribution in [-0.2, 0) is 0 Å². The minimum atomic E-state index is -0.0999. The predicted molar refractivity (Wildman–Crippen MR) is 117 cm³/mol. The fraction of sp³-hybridized carbons (Fsp3) is 0.261. The molecule has 1 aliphatic heterocycles. The lowest BCUT2D eigenvalue weighted by molar-refractivity contribution is 0.0532. The van der Waals surface area contributed by atoms with Gasteiger partial charge in [-0.2, -0.15) is 5.10 Å². The van der Waals surface area contributed by atoms with Gasteiger partial charge in [0.1, 0.15) is 5.69 Å². The van der Waals surface area contributed by atoms with Crippen molar-refractivity contribution in [1.82, 2.24) is 20.0 Å². The molecule has 0 atom stereocenters. The van der Waals surface area contributed by atoms with Gasteiger partial charge in [-0.05, 0) is 49.7 Å². The van der Waals surface area contributed by atoms with E-state index < -0.39 is 0 Å². The van der Waals surface area contributed by atoms with Gasteiger partial charge in [-0.25, -0.2) is 0 Å². The molecule has 0 aliphatic carbocycles. The molecule has 0 saturated carbocycles. The van der Waals surface area contributed by atoms with Crippen molar-refractivity contribution in [3.05, 3.63) is 75.9 Å². The Bertz CT molecular complexity index is 1080. The molecule has 154 valence electrons. The van der Waals surface area contributed by atoms with Crippen molar-refractivity contribution in [2.45, 2.75) is 13.8 Å². The first-order valence-corrected chi connectivity index (χ1v) is 10.3. The van der Waals surface area contributed by atoms with Crippen LogP contribution >= 0.6 is 11.6 Å². The van der Waals surface area contributed by atoms with E-state index in [2.05, 4.69) is 16.3 Å². The summed E-state index contributed by atoms with van der Waals surface area (Å²) in [6, 6.07) is 14.8. The second-order valence-electron chi connectivity index (χ2n) is 7.58. The number of piperazine rings is 1. The molecule has 1 aromatic heterocycles. The Labute approximate surface area is 180 Å². The molecule has 3 aromatic rings. The first kappa shape index (κ1) is 20.2. The number of amides is 2. The Morgan fingerprint density at radius 1 is 0.900 bits per heavy atom. The summed E-state index contributed by atoms with van der Waals surface area (Å²) in [5.41, 5.74) is 5.14. The van der Waals surface area contributed by atoms with E-state index in [0.717, 1.165) is 16.8 Å². The number of carbonyl (C=O) groups excluding carboxylic acids is 2. The number of nitrogens with one attached hydrogen (secondary N) is 1. The zero-order valence-electron chi connectivity index (χ0n) is 17.0. The Balaban J connectivity index is 1.40. The lowest BCUT2D eigenvalue weighted by atomic mass is 10.0. The average molecular weight is 423 g/mol. The number of benzene rings is 2. The molecule has 7 heteroatoms. The van der Waals surface area contributed by atoms with Gasteiger partial charge in [0.2, 0.25) is 0 Å². The van der Waals surface area contributed by atoms with Crippen LogP contribution in [0, 0.1) is 13.8 Å². The number of nitrogens with zero attached hydrogens (tertiary/aromatic N) is 3. The van der Waals surface area contributed by atoms with Crippen molar-refractivity contribution in [2.75, 3.05) is 26.2 Å². The summed E-state index contributed by atoms with van der Waals surface area (Å²) in [4.78, 5) is 29.1. The minimum Gasteiger partial charge on any atom is -0.335 e. The van der Waals surface area contributed by atoms with Crippen molar-refractivity contribution >= 4 is 23.4 Å². The number of hydrogen-bond donors (Lipinski definition) is 1. The Kier molecular flexibility index (Phi) is 5.59. The summed E-state index contributed by atoms with van der Waals surface area (Å²) in [7, 11) is 0.